The first-order valence-corrected chi connectivity index (χ1v) is 11.3. The van der Waals surface area contributed by atoms with Crippen molar-refractivity contribution in [2.45, 2.75) is 50.7 Å². The van der Waals surface area contributed by atoms with Crippen LogP contribution in [0.2, 0.25) is 0 Å². The third kappa shape index (κ3) is 3.60. The molecule has 0 spiro atoms. The second-order valence-corrected chi connectivity index (χ2v) is 9.95. The number of nitrogens with one attached hydrogen (secondary N) is 2. The van der Waals surface area contributed by atoms with E-state index in [9.17, 15) is 13.2 Å². The number of sulfonamides is 1. The summed E-state index contributed by atoms with van der Waals surface area (Å²) in [5.74, 6) is 0. The van der Waals surface area contributed by atoms with E-state index in [2.05, 4.69) is 21.3 Å². The van der Waals surface area contributed by atoms with Crippen molar-refractivity contribution in [1.29, 1.82) is 0 Å². The molecule has 3 aliphatic rings. The molecule has 1 fully saturated rings. The molecule has 0 atom stereocenters. The number of aryl methyl sites for hydroxylation is 2. The quantitative estimate of drug-likeness (QED) is 0.391. The summed E-state index contributed by atoms with van der Waals surface area (Å²) in [7, 11) is -3.75. The number of anilines is 1. The second kappa shape index (κ2) is 7.36. The molecule has 152 valence electrons. The monoisotopic (exact) mass is 406 g/mol. The van der Waals surface area contributed by atoms with Crippen molar-refractivity contribution >= 4 is 27.5 Å². The lowest BCUT2D eigenvalue weighted by atomic mass is 9.99. The molecular weight excluding hydrogens is 380 g/mol. The Kier molecular flexibility index (Phi) is 5.05. The number of urea groups is 1. The van der Waals surface area contributed by atoms with Crippen LogP contribution in [0, 0.1) is 0 Å². The Labute approximate surface area is 165 Å². The molecule has 4 rings (SSSR count). The number of rotatable bonds is 5. The minimum absolute atomic E-state index is 0.311. The van der Waals surface area contributed by atoms with Gasteiger partial charge in [-0.25, -0.2) is 17.9 Å². The number of hydrogen-bond donors (Lipinski definition) is 3. The van der Waals surface area contributed by atoms with E-state index in [1.807, 2.05) is 4.90 Å². The first kappa shape index (κ1) is 19.2. The normalized spacial score (nSPS) is 19.8. The predicted molar refractivity (Wildman–Crippen MR) is 107 cm³/mol. The fourth-order valence-corrected chi connectivity index (χ4v) is 5.81. The molecule has 1 aromatic carbocycles. The molecule has 8 nitrogen and oxygen atoms in total. The van der Waals surface area contributed by atoms with Gasteiger partial charge in [0.1, 0.15) is 5.25 Å². The molecule has 0 radical (unpaired) electrons. The van der Waals surface area contributed by atoms with Crippen molar-refractivity contribution < 1.29 is 18.4 Å². The summed E-state index contributed by atoms with van der Waals surface area (Å²) in [5, 5.41) is 14.0. The van der Waals surface area contributed by atoms with Crippen LogP contribution in [0.3, 0.4) is 0 Å². The highest BCUT2D eigenvalue weighted by atomic mass is 32.2. The van der Waals surface area contributed by atoms with Gasteiger partial charge in [-0.3, -0.25) is 4.90 Å². The first-order chi connectivity index (χ1) is 13.4. The summed E-state index contributed by atoms with van der Waals surface area (Å²) >= 11 is 0. The van der Waals surface area contributed by atoms with Gasteiger partial charge in [-0.2, -0.15) is 0 Å². The third-order valence-electron chi connectivity index (χ3n) is 5.93. The van der Waals surface area contributed by atoms with Crippen LogP contribution in [0.5, 0.6) is 0 Å². The van der Waals surface area contributed by atoms with E-state index in [4.69, 9.17) is 5.21 Å². The number of nitrogens with zero attached hydrogens (tertiary/aromatic N) is 2. The average molecular weight is 407 g/mol. The Balaban J connectivity index is 1.42. The van der Waals surface area contributed by atoms with E-state index in [0.29, 0.717) is 25.3 Å². The highest BCUT2D eigenvalue weighted by Gasteiger charge is 2.38. The van der Waals surface area contributed by atoms with Gasteiger partial charge < -0.3 is 10.5 Å². The van der Waals surface area contributed by atoms with Gasteiger partial charge in [0.05, 0.1) is 5.71 Å². The van der Waals surface area contributed by atoms with Crippen LogP contribution in [-0.2, 0) is 35.7 Å². The Morgan fingerprint density at radius 1 is 1.18 bits per heavy atom. The molecule has 2 aliphatic carbocycles. The van der Waals surface area contributed by atoms with Crippen molar-refractivity contribution in [3.05, 3.63) is 28.3 Å². The molecule has 9 heteroatoms. The van der Waals surface area contributed by atoms with Crippen molar-refractivity contribution in [2.24, 2.45) is 5.16 Å². The van der Waals surface area contributed by atoms with Crippen molar-refractivity contribution in [2.75, 3.05) is 25.0 Å². The van der Waals surface area contributed by atoms with Gasteiger partial charge in [0, 0.05) is 25.3 Å². The Morgan fingerprint density at radius 2 is 1.79 bits per heavy atom. The van der Waals surface area contributed by atoms with E-state index < -0.39 is 21.3 Å². The largest absolute Gasteiger partial charge is 0.411 e. The minimum Gasteiger partial charge on any atom is -0.411 e. The van der Waals surface area contributed by atoms with Gasteiger partial charge in [-0.05, 0) is 67.7 Å². The van der Waals surface area contributed by atoms with E-state index in [-0.39, 0.29) is 0 Å². The lowest BCUT2D eigenvalue weighted by Gasteiger charge is -2.38. The van der Waals surface area contributed by atoms with Gasteiger partial charge in [-0.15, -0.1) is 0 Å². The molecule has 28 heavy (non-hydrogen) atoms. The number of carbonyl (C=O) groups is 1. The Morgan fingerprint density at radius 3 is 2.36 bits per heavy atom. The van der Waals surface area contributed by atoms with E-state index in [1.54, 1.807) is 6.92 Å². The summed E-state index contributed by atoms with van der Waals surface area (Å²) < 4.78 is 27.2. The van der Waals surface area contributed by atoms with Gasteiger partial charge in [0.2, 0.25) is 10.0 Å². The Hall–Kier alpha value is -2.13. The number of likely N-dealkylation sites (tertiary alicyclic amines) is 1. The maximum absolute atomic E-state index is 12.5. The van der Waals surface area contributed by atoms with Gasteiger partial charge in [-0.1, -0.05) is 11.2 Å². The highest BCUT2D eigenvalue weighted by Crippen LogP contribution is 2.38. The molecule has 0 saturated carbocycles. The maximum Gasteiger partial charge on any atom is 0.332 e. The molecule has 0 unspecified atom stereocenters. The molecule has 1 saturated heterocycles. The minimum atomic E-state index is -3.75. The number of amides is 2. The molecule has 2 amide bonds. The van der Waals surface area contributed by atoms with Crippen molar-refractivity contribution in [3.8, 4) is 0 Å². The van der Waals surface area contributed by atoms with Crippen molar-refractivity contribution in [3.63, 3.8) is 0 Å². The predicted octanol–water partition coefficient (Wildman–Crippen LogP) is 1.65. The zero-order chi connectivity index (χ0) is 19.9. The maximum atomic E-state index is 12.5. The summed E-state index contributed by atoms with van der Waals surface area (Å²) in [5.41, 5.74) is 6.26. The standard InChI is InChI=1S/C19H26N4O4S/c1-12(21-25)9-23-10-15(11-23)28(26,27)22-19(24)20-18-16-6-2-4-13(16)8-14-5-3-7-17(14)18/h8,15,25H,2-7,9-11H2,1H3,(H2,20,22,24). The summed E-state index contributed by atoms with van der Waals surface area (Å²) in [6.45, 7) is 2.71. The van der Waals surface area contributed by atoms with Crippen LogP contribution < -0.4 is 10.0 Å². The fourth-order valence-electron chi connectivity index (χ4n) is 4.52. The fraction of sp³-hybridized carbons (Fsp3) is 0.579. The van der Waals surface area contributed by atoms with Gasteiger partial charge >= 0.3 is 6.03 Å². The van der Waals surface area contributed by atoms with Crippen LogP contribution in [0.25, 0.3) is 0 Å². The number of fused-ring (bicyclic) bond motifs is 2. The number of hydrogen-bond acceptors (Lipinski definition) is 6. The Bertz CT molecular complexity index is 903. The summed E-state index contributed by atoms with van der Waals surface area (Å²) in [6.07, 6.45) is 6.03. The number of carbonyl (C=O) groups excluding carboxylic acids is 1. The van der Waals surface area contributed by atoms with E-state index >= 15 is 0 Å². The number of benzene rings is 1. The van der Waals surface area contributed by atoms with Crippen LogP contribution in [0.15, 0.2) is 11.2 Å². The highest BCUT2D eigenvalue weighted by molar-refractivity contribution is 7.90. The average Bonchev–Trinajstić information content (AvgIpc) is 3.25. The zero-order valence-corrected chi connectivity index (χ0v) is 16.8. The summed E-state index contributed by atoms with van der Waals surface area (Å²) in [6, 6.07) is 1.59. The molecule has 0 bridgehead atoms. The van der Waals surface area contributed by atoms with Gasteiger partial charge in [0.15, 0.2) is 0 Å². The molecule has 1 aromatic rings. The molecule has 0 aromatic heterocycles. The van der Waals surface area contributed by atoms with Gasteiger partial charge in [0.25, 0.3) is 0 Å². The molecule has 3 N–H and O–H groups in total. The smallest absolute Gasteiger partial charge is 0.332 e. The van der Waals surface area contributed by atoms with Crippen LogP contribution in [-0.4, -0.2) is 55.2 Å². The second-order valence-electron chi connectivity index (χ2n) is 7.99. The van der Waals surface area contributed by atoms with Crippen LogP contribution >= 0.6 is 0 Å². The lowest BCUT2D eigenvalue weighted by Crippen LogP contribution is -2.59. The number of oxime groups is 1. The first-order valence-electron chi connectivity index (χ1n) is 9.76. The molecule has 1 aliphatic heterocycles. The zero-order valence-electron chi connectivity index (χ0n) is 16.0. The van der Waals surface area contributed by atoms with Crippen LogP contribution in [0.1, 0.15) is 42.0 Å². The molecule has 1 heterocycles. The van der Waals surface area contributed by atoms with Crippen molar-refractivity contribution in [1.82, 2.24) is 9.62 Å². The van der Waals surface area contributed by atoms with E-state index in [1.165, 1.54) is 22.3 Å². The molecular formula is C19H26N4O4S. The topological polar surface area (TPSA) is 111 Å². The summed E-state index contributed by atoms with van der Waals surface area (Å²) in [4.78, 5) is 14.4. The van der Waals surface area contributed by atoms with Crippen LogP contribution in [0.4, 0.5) is 10.5 Å². The lowest BCUT2D eigenvalue weighted by molar-refractivity contribution is 0.208. The third-order valence-corrected chi connectivity index (χ3v) is 7.58. The SMILES string of the molecule is CC(CN1CC(S(=O)(=O)NC(=O)Nc2c3c(cc4c2CCC4)CCC3)C1)=NO. The van der Waals surface area contributed by atoms with E-state index in [0.717, 1.165) is 44.2 Å².